The van der Waals surface area contributed by atoms with Gasteiger partial charge in [0.15, 0.2) is 0 Å². The Hall–Kier alpha value is -1.89. The summed E-state index contributed by atoms with van der Waals surface area (Å²) in [4.78, 5) is 25.7. The smallest absolute Gasteiger partial charge is 0.230 e. The monoisotopic (exact) mass is 295 g/mol. The Morgan fingerprint density at radius 3 is 2.90 bits per heavy atom. The van der Waals surface area contributed by atoms with Crippen LogP contribution < -0.4 is 5.32 Å². The summed E-state index contributed by atoms with van der Waals surface area (Å²) in [7, 11) is 1.55. The molecule has 1 fully saturated rings. The summed E-state index contributed by atoms with van der Waals surface area (Å²) in [5.74, 6) is 0.164. The molecule has 0 bridgehead atoms. The molecule has 1 aliphatic rings. The number of rotatable bonds is 5. The maximum absolute atomic E-state index is 12.5. The molecular formula is C14H21N3O4. The topological polar surface area (TPSA) is 95.7 Å². The quantitative estimate of drug-likeness (QED) is 0.798. The van der Waals surface area contributed by atoms with Gasteiger partial charge in [-0.3, -0.25) is 9.59 Å². The van der Waals surface area contributed by atoms with Crippen molar-refractivity contribution < 1.29 is 19.2 Å². The number of nitrogens with one attached hydrogen (secondary N) is 1. The van der Waals surface area contributed by atoms with Crippen LogP contribution in [0, 0.1) is 6.92 Å². The maximum Gasteiger partial charge on any atom is 0.230 e. The Morgan fingerprint density at radius 1 is 1.57 bits per heavy atom. The van der Waals surface area contributed by atoms with Gasteiger partial charge in [0.05, 0.1) is 30.7 Å². The molecule has 7 nitrogen and oxygen atoms in total. The van der Waals surface area contributed by atoms with Gasteiger partial charge in [-0.1, -0.05) is 5.16 Å². The van der Waals surface area contributed by atoms with E-state index < -0.39 is 5.54 Å². The van der Waals surface area contributed by atoms with Crippen molar-refractivity contribution >= 4 is 11.8 Å². The second kappa shape index (κ2) is 6.26. The molecule has 2 amide bonds. The lowest BCUT2D eigenvalue weighted by molar-refractivity contribution is -0.138. The molecule has 1 unspecified atom stereocenters. The first-order chi connectivity index (χ1) is 10.0. The van der Waals surface area contributed by atoms with Crippen molar-refractivity contribution in [3.8, 4) is 0 Å². The van der Waals surface area contributed by atoms with Crippen molar-refractivity contribution in [2.75, 3.05) is 20.2 Å². The van der Waals surface area contributed by atoms with E-state index in [9.17, 15) is 14.7 Å². The first-order valence-corrected chi connectivity index (χ1v) is 7.05. The number of aliphatic hydroxyl groups excluding tert-OH is 1. The third-order valence-electron chi connectivity index (χ3n) is 3.96. The standard InChI is InChI=1S/C14H21N3O4/c1-10-6-11(21-16-10)7-13(20)17-5-3-4-14(17,9-18)8-12(19)15-2/h6,18H,3-5,7-9H2,1-2H3,(H,15,19). The zero-order chi connectivity index (χ0) is 15.5. The highest BCUT2D eigenvalue weighted by Crippen LogP contribution is 2.32. The third-order valence-corrected chi connectivity index (χ3v) is 3.96. The summed E-state index contributed by atoms with van der Waals surface area (Å²) in [5.41, 5.74) is -0.0790. The molecule has 21 heavy (non-hydrogen) atoms. The van der Waals surface area contributed by atoms with Crippen LogP contribution in [0.2, 0.25) is 0 Å². The molecule has 0 radical (unpaired) electrons. The predicted molar refractivity (Wildman–Crippen MR) is 74.4 cm³/mol. The molecule has 0 aromatic carbocycles. The second-order valence-corrected chi connectivity index (χ2v) is 5.49. The molecule has 1 saturated heterocycles. The first kappa shape index (κ1) is 15.5. The number of carbonyl (C=O) groups is 2. The molecule has 0 spiro atoms. The van der Waals surface area contributed by atoms with Gasteiger partial charge in [-0.05, 0) is 19.8 Å². The van der Waals surface area contributed by atoms with Gasteiger partial charge in [0.25, 0.3) is 0 Å². The average Bonchev–Trinajstić information content (AvgIpc) is 3.05. The van der Waals surface area contributed by atoms with Gasteiger partial charge in [-0.15, -0.1) is 0 Å². The fourth-order valence-corrected chi connectivity index (χ4v) is 2.86. The summed E-state index contributed by atoms with van der Waals surface area (Å²) in [6.07, 6.45) is 1.61. The summed E-state index contributed by atoms with van der Waals surface area (Å²) in [5, 5.41) is 16.0. The van der Waals surface area contributed by atoms with Crippen molar-refractivity contribution in [2.45, 2.75) is 38.1 Å². The number of nitrogens with zero attached hydrogens (tertiary/aromatic N) is 2. The van der Waals surface area contributed by atoms with Gasteiger partial charge in [0, 0.05) is 19.7 Å². The molecule has 2 N–H and O–H groups in total. The minimum absolute atomic E-state index is 0.0936. The highest BCUT2D eigenvalue weighted by Gasteiger charge is 2.44. The molecule has 0 saturated carbocycles. The Balaban J connectivity index is 2.12. The minimum Gasteiger partial charge on any atom is -0.394 e. The van der Waals surface area contributed by atoms with Crippen LogP contribution in [-0.2, 0) is 16.0 Å². The first-order valence-electron chi connectivity index (χ1n) is 7.05. The van der Waals surface area contributed by atoms with E-state index in [1.807, 2.05) is 0 Å². The van der Waals surface area contributed by atoms with Crippen LogP contribution in [0.4, 0.5) is 0 Å². The van der Waals surface area contributed by atoms with Crippen molar-refractivity contribution in [1.82, 2.24) is 15.4 Å². The van der Waals surface area contributed by atoms with Crippen LogP contribution in [-0.4, -0.2) is 52.7 Å². The minimum atomic E-state index is -0.799. The lowest BCUT2D eigenvalue weighted by atomic mass is 9.92. The van der Waals surface area contributed by atoms with Crippen molar-refractivity contribution in [2.24, 2.45) is 0 Å². The van der Waals surface area contributed by atoms with Crippen LogP contribution >= 0.6 is 0 Å². The number of aliphatic hydroxyl groups is 1. The van der Waals surface area contributed by atoms with Crippen molar-refractivity contribution in [1.29, 1.82) is 0 Å². The maximum atomic E-state index is 12.5. The number of aryl methyl sites for hydroxylation is 1. The summed E-state index contributed by atoms with van der Waals surface area (Å²) < 4.78 is 5.06. The largest absolute Gasteiger partial charge is 0.394 e. The Morgan fingerprint density at radius 2 is 2.33 bits per heavy atom. The van der Waals surface area contributed by atoms with E-state index in [1.165, 1.54) is 0 Å². The van der Waals surface area contributed by atoms with E-state index in [0.717, 1.165) is 12.1 Å². The Bertz CT molecular complexity index is 528. The second-order valence-electron chi connectivity index (χ2n) is 5.49. The lowest BCUT2D eigenvalue weighted by Gasteiger charge is -2.36. The van der Waals surface area contributed by atoms with Gasteiger partial charge in [-0.25, -0.2) is 0 Å². The molecule has 2 heterocycles. The molecule has 7 heteroatoms. The van der Waals surface area contributed by atoms with E-state index in [1.54, 1.807) is 24.9 Å². The fourth-order valence-electron chi connectivity index (χ4n) is 2.86. The van der Waals surface area contributed by atoms with Gasteiger partial charge < -0.3 is 19.8 Å². The van der Waals surface area contributed by atoms with Crippen LogP contribution in [0.25, 0.3) is 0 Å². The van der Waals surface area contributed by atoms with E-state index in [0.29, 0.717) is 18.7 Å². The SMILES string of the molecule is CNC(=O)CC1(CO)CCCN1C(=O)Cc1cc(C)no1. The van der Waals surface area contributed by atoms with E-state index in [2.05, 4.69) is 10.5 Å². The number of amides is 2. The molecule has 1 atom stereocenters. The third kappa shape index (κ3) is 3.24. The van der Waals surface area contributed by atoms with Crippen molar-refractivity contribution in [3.05, 3.63) is 17.5 Å². The number of hydrogen-bond donors (Lipinski definition) is 2. The Kier molecular flexibility index (Phi) is 4.62. The molecule has 1 aromatic rings. The van der Waals surface area contributed by atoms with Crippen LogP contribution in [0.5, 0.6) is 0 Å². The van der Waals surface area contributed by atoms with Crippen LogP contribution in [0.3, 0.4) is 0 Å². The number of likely N-dealkylation sites (tertiary alicyclic amines) is 1. The summed E-state index contributed by atoms with van der Waals surface area (Å²) >= 11 is 0. The lowest BCUT2D eigenvalue weighted by Crippen LogP contribution is -2.52. The van der Waals surface area contributed by atoms with Gasteiger partial charge in [0.2, 0.25) is 11.8 Å². The fraction of sp³-hybridized carbons (Fsp3) is 0.643. The number of carbonyl (C=O) groups excluding carboxylic acids is 2. The molecule has 1 aliphatic heterocycles. The zero-order valence-corrected chi connectivity index (χ0v) is 12.4. The summed E-state index contributed by atoms with van der Waals surface area (Å²) in [6.45, 7) is 2.11. The highest BCUT2D eigenvalue weighted by atomic mass is 16.5. The summed E-state index contributed by atoms with van der Waals surface area (Å²) in [6, 6.07) is 1.72. The Labute approximate surface area is 123 Å². The average molecular weight is 295 g/mol. The zero-order valence-electron chi connectivity index (χ0n) is 12.4. The normalized spacial score (nSPS) is 21.6. The highest BCUT2D eigenvalue weighted by molar-refractivity contribution is 5.82. The van der Waals surface area contributed by atoms with Crippen LogP contribution in [0.15, 0.2) is 10.6 Å². The van der Waals surface area contributed by atoms with E-state index in [-0.39, 0.29) is 31.3 Å². The van der Waals surface area contributed by atoms with Crippen molar-refractivity contribution in [3.63, 3.8) is 0 Å². The molecule has 1 aromatic heterocycles. The van der Waals surface area contributed by atoms with E-state index >= 15 is 0 Å². The molecule has 116 valence electrons. The molecule has 2 rings (SSSR count). The van der Waals surface area contributed by atoms with E-state index in [4.69, 9.17) is 4.52 Å². The van der Waals surface area contributed by atoms with Gasteiger partial charge in [0.1, 0.15) is 5.76 Å². The predicted octanol–water partition coefficient (Wildman–Crippen LogP) is 0.0151. The van der Waals surface area contributed by atoms with Crippen LogP contribution in [0.1, 0.15) is 30.7 Å². The molecular weight excluding hydrogens is 274 g/mol. The number of aromatic nitrogens is 1. The van der Waals surface area contributed by atoms with Gasteiger partial charge in [-0.2, -0.15) is 0 Å². The number of hydrogen-bond acceptors (Lipinski definition) is 5. The van der Waals surface area contributed by atoms with Gasteiger partial charge >= 0.3 is 0 Å². The molecule has 0 aliphatic carbocycles.